The fourth-order valence-electron chi connectivity index (χ4n) is 4.71. The number of carbonyl (C=O) groups excluding carboxylic acids is 1. The van der Waals surface area contributed by atoms with E-state index in [0.29, 0.717) is 44.3 Å². The number of thiophene rings is 1. The number of benzene rings is 2. The first-order chi connectivity index (χ1) is 20.0. The molecular formula is C32H32N2O5S2. The van der Waals surface area contributed by atoms with E-state index in [1.54, 1.807) is 29.9 Å². The van der Waals surface area contributed by atoms with Gasteiger partial charge in [-0.15, -0.1) is 11.3 Å². The monoisotopic (exact) mass is 588 g/mol. The summed E-state index contributed by atoms with van der Waals surface area (Å²) in [6, 6.07) is 18.2. The average Bonchev–Trinajstić information content (AvgIpc) is 3.61. The average molecular weight is 589 g/mol. The Balaban J connectivity index is 1.58. The summed E-state index contributed by atoms with van der Waals surface area (Å²) in [5, 5.41) is 1.97. The lowest BCUT2D eigenvalue weighted by atomic mass is 9.95. The van der Waals surface area contributed by atoms with Crippen LogP contribution in [0.5, 0.6) is 11.5 Å². The van der Waals surface area contributed by atoms with Crippen LogP contribution in [0.25, 0.3) is 6.08 Å². The summed E-state index contributed by atoms with van der Waals surface area (Å²) in [6.45, 7) is 4.62. The minimum absolute atomic E-state index is 0.111. The zero-order valence-corrected chi connectivity index (χ0v) is 24.9. The first-order valence-corrected chi connectivity index (χ1v) is 15.3. The first-order valence-electron chi connectivity index (χ1n) is 13.6. The van der Waals surface area contributed by atoms with E-state index >= 15 is 0 Å². The molecule has 3 heterocycles. The molecule has 0 saturated heterocycles. The zero-order chi connectivity index (χ0) is 28.8. The van der Waals surface area contributed by atoms with Crippen molar-refractivity contribution in [3.8, 4) is 11.5 Å². The number of nitrogens with zero attached hydrogens (tertiary/aromatic N) is 2. The maximum atomic E-state index is 13.9. The predicted molar refractivity (Wildman–Crippen MR) is 162 cm³/mol. The Morgan fingerprint density at radius 2 is 1.90 bits per heavy atom. The molecule has 0 amide bonds. The van der Waals surface area contributed by atoms with Crippen LogP contribution < -0.4 is 24.4 Å². The molecule has 0 N–H and O–H groups in total. The number of hydrogen-bond acceptors (Lipinski definition) is 8. The van der Waals surface area contributed by atoms with Gasteiger partial charge in [0.05, 0.1) is 35.6 Å². The molecule has 1 aliphatic heterocycles. The molecule has 5 rings (SSSR count). The molecule has 9 heteroatoms. The van der Waals surface area contributed by atoms with Gasteiger partial charge in [0.2, 0.25) is 0 Å². The third-order valence-corrected chi connectivity index (χ3v) is 8.58. The number of thiazole rings is 1. The predicted octanol–water partition coefficient (Wildman–Crippen LogP) is 5.62. The van der Waals surface area contributed by atoms with Crippen molar-refractivity contribution in [1.29, 1.82) is 0 Å². The van der Waals surface area contributed by atoms with Gasteiger partial charge in [-0.05, 0) is 54.1 Å². The van der Waals surface area contributed by atoms with Gasteiger partial charge in [-0.3, -0.25) is 9.36 Å². The van der Waals surface area contributed by atoms with Gasteiger partial charge < -0.3 is 14.2 Å². The quantitative estimate of drug-likeness (QED) is 0.168. The summed E-state index contributed by atoms with van der Waals surface area (Å²) >= 11 is 2.86. The number of carbonyl (C=O) groups is 1. The number of rotatable bonds is 11. The van der Waals surface area contributed by atoms with Crippen molar-refractivity contribution >= 4 is 34.7 Å². The first kappa shape index (κ1) is 28.6. The molecule has 0 saturated carbocycles. The summed E-state index contributed by atoms with van der Waals surface area (Å²) in [5.41, 5.74) is 2.18. The summed E-state index contributed by atoms with van der Waals surface area (Å²) in [5.74, 6) is 0.629. The number of methoxy groups -OCH3 is 1. The van der Waals surface area contributed by atoms with Crippen LogP contribution in [0.2, 0.25) is 0 Å². The molecule has 0 fully saturated rings. The number of hydrogen-bond donors (Lipinski definition) is 0. The Morgan fingerprint density at radius 3 is 2.63 bits per heavy atom. The van der Waals surface area contributed by atoms with E-state index in [2.05, 4.69) is 6.92 Å². The molecule has 0 bridgehead atoms. The van der Waals surface area contributed by atoms with E-state index in [1.165, 1.54) is 11.3 Å². The smallest absolute Gasteiger partial charge is 0.338 e. The fraction of sp³-hybridized carbons (Fsp3) is 0.281. The van der Waals surface area contributed by atoms with E-state index in [0.717, 1.165) is 29.7 Å². The van der Waals surface area contributed by atoms with Gasteiger partial charge in [-0.1, -0.05) is 73.6 Å². The highest BCUT2D eigenvalue weighted by atomic mass is 32.1. The molecule has 212 valence electrons. The number of aromatic nitrogens is 1. The van der Waals surface area contributed by atoms with Gasteiger partial charge in [0.15, 0.2) is 16.3 Å². The molecule has 2 aromatic carbocycles. The van der Waals surface area contributed by atoms with Crippen molar-refractivity contribution in [1.82, 2.24) is 4.57 Å². The van der Waals surface area contributed by atoms with Gasteiger partial charge in [0.25, 0.3) is 5.56 Å². The fourth-order valence-corrected chi connectivity index (χ4v) is 6.48. The van der Waals surface area contributed by atoms with Crippen molar-refractivity contribution < 1.29 is 19.0 Å². The van der Waals surface area contributed by atoms with Crippen molar-refractivity contribution in [3.63, 3.8) is 0 Å². The van der Waals surface area contributed by atoms with Crippen LogP contribution in [0.4, 0.5) is 0 Å². The van der Waals surface area contributed by atoms with Crippen molar-refractivity contribution in [2.45, 2.75) is 45.8 Å². The van der Waals surface area contributed by atoms with Crippen LogP contribution in [0, 0.1) is 0 Å². The SMILES string of the molecule is CCCCCOc1ccc(C2C(C(=O)OCc3ccccc3)=C(C)N=c3sc(=Cc4cccs4)c(=O)n32)cc1OC. The van der Waals surface area contributed by atoms with E-state index in [9.17, 15) is 9.59 Å². The molecule has 7 nitrogen and oxygen atoms in total. The third-order valence-electron chi connectivity index (χ3n) is 6.78. The van der Waals surface area contributed by atoms with Crippen molar-refractivity contribution in [3.05, 3.63) is 113 Å². The molecule has 1 atom stereocenters. The molecule has 1 unspecified atom stereocenters. The number of esters is 1. The summed E-state index contributed by atoms with van der Waals surface area (Å²) in [4.78, 5) is 33.7. The topological polar surface area (TPSA) is 79.1 Å². The molecule has 1 aliphatic rings. The van der Waals surface area contributed by atoms with Crippen molar-refractivity contribution in [2.75, 3.05) is 13.7 Å². The van der Waals surface area contributed by atoms with Crippen LogP contribution in [0.15, 0.2) is 87.1 Å². The number of fused-ring (bicyclic) bond motifs is 1. The molecule has 0 radical (unpaired) electrons. The number of unbranched alkanes of at least 4 members (excludes halogenated alkanes) is 2. The maximum absolute atomic E-state index is 13.9. The molecule has 0 spiro atoms. The second-order valence-corrected chi connectivity index (χ2v) is 11.6. The number of ether oxygens (including phenoxy) is 3. The summed E-state index contributed by atoms with van der Waals surface area (Å²) in [7, 11) is 1.58. The lowest BCUT2D eigenvalue weighted by Crippen LogP contribution is -2.39. The normalized spacial score (nSPS) is 14.9. The van der Waals surface area contributed by atoms with Crippen LogP contribution in [-0.2, 0) is 16.1 Å². The third kappa shape index (κ3) is 6.36. The Bertz CT molecular complexity index is 1720. The van der Waals surface area contributed by atoms with Crippen LogP contribution in [0.3, 0.4) is 0 Å². The molecule has 4 aromatic rings. The van der Waals surface area contributed by atoms with Gasteiger partial charge in [-0.25, -0.2) is 9.79 Å². The maximum Gasteiger partial charge on any atom is 0.338 e. The van der Waals surface area contributed by atoms with E-state index in [-0.39, 0.29) is 12.2 Å². The van der Waals surface area contributed by atoms with Gasteiger partial charge in [-0.2, -0.15) is 0 Å². The second kappa shape index (κ2) is 13.1. The highest BCUT2D eigenvalue weighted by Gasteiger charge is 2.34. The lowest BCUT2D eigenvalue weighted by Gasteiger charge is -2.25. The lowest BCUT2D eigenvalue weighted by molar-refractivity contribution is -0.140. The molecular weight excluding hydrogens is 556 g/mol. The van der Waals surface area contributed by atoms with Crippen LogP contribution in [0.1, 0.15) is 55.2 Å². The standard InChI is InChI=1S/C32H32N2O5S2/c1-4-5-9-16-38-25-15-14-23(18-26(25)37-3)29-28(31(36)39-20-22-11-7-6-8-12-22)21(2)33-32-34(29)30(35)27(41-32)19-24-13-10-17-40-24/h6-8,10-15,17-19,29H,4-5,9,16,20H2,1-3H3. The largest absolute Gasteiger partial charge is 0.493 e. The highest BCUT2D eigenvalue weighted by molar-refractivity contribution is 7.11. The van der Waals surface area contributed by atoms with E-state index in [4.69, 9.17) is 19.2 Å². The Kier molecular flexibility index (Phi) is 9.16. The Labute approximate surface area is 246 Å². The minimum atomic E-state index is -0.747. The summed E-state index contributed by atoms with van der Waals surface area (Å²) in [6.07, 6.45) is 5.00. The Hall–Kier alpha value is -3.95. The van der Waals surface area contributed by atoms with Gasteiger partial charge in [0.1, 0.15) is 6.61 Å². The molecule has 2 aromatic heterocycles. The highest BCUT2D eigenvalue weighted by Crippen LogP contribution is 2.36. The molecule has 0 aliphatic carbocycles. The Morgan fingerprint density at radius 1 is 1.07 bits per heavy atom. The van der Waals surface area contributed by atoms with Crippen molar-refractivity contribution in [2.24, 2.45) is 4.99 Å². The van der Waals surface area contributed by atoms with E-state index < -0.39 is 12.0 Å². The molecule has 41 heavy (non-hydrogen) atoms. The minimum Gasteiger partial charge on any atom is -0.493 e. The van der Waals surface area contributed by atoms with E-state index in [1.807, 2.05) is 72.1 Å². The zero-order valence-electron chi connectivity index (χ0n) is 23.3. The van der Waals surface area contributed by atoms with Crippen LogP contribution >= 0.6 is 22.7 Å². The second-order valence-electron chi connectivity index (χ2n) is 9.62. The van der Waals surface area contributed by atoms with Crippen LogP contribution in [-0.4, -0.2) is 24.3 Å². The summed E-state index contributed by atoms with van der Waals surface area (Å²) < 4.78 is 19.6. The van der Waals surface area contributed by atoms with Gasteiger partial charge in [0, 0.05) is 4.88 Å². The number of allylic oxidation sites excluding steroid dienone is 1. The van der Waals surface area contributed by atoms with Gasteiger partial charge >= 0.3 is 5.97 Å².